The minimum Gasteiger partial charge on any atom is -0.497 e. The molecule has 32 heavy (non-hydrogen) atoms. The number of Topliss-reactive ketones (excluding diaryl/α,β-unsaturated/α-hetero) is 1. The summed E-state index contributed by atoms with van der Waals surface area (Å²) in [6, 6.07) is 19.9. The van der Waals surface area contributed by atoms with Crippen molar-refractivity contribution in [2.24, 2.45) is 0 Å². The number of ketones is 1. The van der Waals surface area contributed by atoms with E-state index < -0.39 is 11.5 Å². The van der Waals surface area contributed by atoms with E-state index in [4.69, 9.17) is 18.9 Å². The van der Waals surface area contributed by atoms with Gasteiger partial charge in [-0.1, -0.05) is 42.5 Å². The molecule has 1 unspecified atom stereocenters. The number of carbonyl (C=O) groups is 2. The Morgan fingerprint density at radius 2 is 1.59 bits per heavy atom. The van der Waals surface area contributed by atoms with Gasteiger partial charge in [-0.05, 0) is 17.7 Å². The van der Waals surface area contributed by atoms with Crippen LogP contribution >= 0.6 is 0 Å². The quantitative estimate of drug-likeness (QED) is 0.486. The van der Waals surface area contributed by atoms with Gasteiger partial charge in [0.15, 0.2) is 0 Å². The topological polar surface area (TPSA) is 71.1 Å². The normalized spacial score (nSPS) is 17.8. The summed E-state index contributed by atoms with van der Waals surface area (Å²) in [6.45, 7) is 0. The van der Waals surface area contributed by atoms with Crippen molar-refractivity contribution in [3.05, 3.63) is 83.4 Å². The largest absolute Gasteiger partial charge is 0.497 e. The second-order valence-electron chi connectivity index (χ2n) is 7.46. The van der Waals surface area contributed by atoms with E-state index in [2.05, 4.69) is 0 Å². The Labute approximate surface area is 186 Å². The van der Waals surface area contributed by atoms with Gasteiger partial charge in [0.25, 0.3) is 0 Å². The Kier molecular flexibility index (Phi) is 5.86. The molecule has 4 rings (SSSR count). The molecule has 0 aliphatic carbocycles. The molecule has 3 aromatic rings. The van der Waals surface area contributed by atoms with Gasteiger partial charge in [0.05, 0.1) is 21.3 Å². The number of rotatable bonds is 8. The Morgan fingerprint density at radius 3 is 2.19 bits per heavy atom. The molecule has 1 aliphatic rings. The minimum absolute atomic E-state index is 0.0925. The second-order valence-corrected chi connectivity index (χ2v) is 7.46. The standard InChI is InChI=1S/C26H24O6/c1-29-19-11-9-18(10-12-19)26(21(13-14-27)17-7-5-4-6-8-17)25(28)24-22(31-3)15-20(30-2)16-23(24)32-26/h4-12,14-16,21H,13H2,1-3H3/t21?,26-/m0/s1. The number of methoxy groups -OCH3 is 3. The zero-order chi connectivity index (χ0) is 22.7. The molecule has 0 bridgehead atoms. The lowest BCUT2D eigenvalue weighted by atomic mass is 9.72. The highest BCUT2D eigenvalue weighted by molar-refractivity contribution is 6.11. The van der Waals surface area contributed by atoms with Crippen molar-refractivity contribution in [3.63, 3.8) is 0 Å². The fourth-order valence-corrected chi connectivity index (χ4v) is 4.33. The Hall–Kier alpha value is -3.80. The smallest absolute Gasteiger partial charge is 0.219 e. The highest BCUT2D eigenvalue weighted by Crippen LogP contribution is 2.53. The maximum absolute atomic E-state index is 14.1. The first-order valence-corrected chi connectivity index (χ1v) is 10.2. The van der Waals surface area contributed by atoms with Crippen LogP contribution in [0.5, 0.6) is 23.0 Å². The lowest BCUT2D eigenvalue weighted by molar-refractivity contribution is -0.109. The molecular formula is C26H24O6. The van der Waals surface area contributed by atoms with Gasteiger partial charge in [0, 0.05) is 30.0 Å². The van der Waals surface area contributed by atoms with Crippen molar-refractivity contribution < 1.29 is 28.5 Å². The maximum atomic E-state index is 14.1. The van der Waals surface area contributed by atoms with Gasteiger partial charge in [-0.25, -0.2) is 0 Å². The molecular weight excluding hydrogens is 408 g/mol. The highest BCUT2D eigenvalue weighted by atomic mass is 16.5. The first-order valence-electron chi connectivity index (χ1n) is 10.2. The van der Waals surface area contributed by atoms with Gasteiger partial charge in [-0.2, -0.15) is 0 Å². The molecule has 0 saturated heterocycles. The third-order valence-corrected chi connectivity index (χ3v) is 5.87. The van der Waals surface area contributed by atoms with Crippen LogP contribution in [0.25, 0.3) is 0 Å². The van der Waals surface area contributed by atoms with E-state index in [-0.39, 0.29) is 12.2 Å². The minimum atomic E-state index is -1.46. The molecule has 3 aromatic carbocycles. The summed E-state index contributed by atoms with van der Waals surface area (Å²) in [4.78, 5) is 25.9. The molecule has 6 heteroatoms. The van der Waals surface area contributed by atoms with Gasteiger partial charge in [-0.3, -0.25) is 4.79 Å². The number of aldehydes is 1. The van der Waals surface area contributed by atoms with Crippen molar-refractivity contribution in [2.45, 2.75) is 17.9 Å². The molecule has 1 heterocycles. The fraction of sp³-hybridized carbons (Fsp3) is 0.231. The fourth-order valence-electron chi connectivity index (χ4n) is 4.33. The predicted octanol–water partition coefficient (Wildman–Crippen LogP) is 4.56. The maximum Gasteiger partial charge on any atom is 0.219 e. The molecule has 0 spiro atoms. The lowest BCUT2D eigenvalue weighted by Gasteiger charge is -2.35. The SMILES string of the molecule is COc1ccc([C@@]2(C(CC=O)c3ccccc3)Oc3cc(OC)cc(OC)c3C2=O)cc1. The van der Waals surface area contributed by atoms with E-state index >= 15 is 0 Å². The van der Waals surface area contributed by atoms with E-state index in [0.717, 1.165) is 11.8 Å². The monoisotopic (exact) mass is 432 g/mol. The molecule has 2 atom stereocenters. The van der Waals surface area contributed by atoms with Gasteiger partial charge >= 0.3 is 0 Å². The molecule has 0 aromatic heterocycles. The molecule has 1 aliphatic heterocycles. The van der Waals surface area contributed by atoms with Crippen LogP contribution in [0.4, 0.5) is 0 Å². The van der Waals surface area contributed by atoms with Crippen molar-refractivity contribution >= 4 is 12.1 Å². The van der Waals surface area contributed by atoms with Crippen LogP contribution in [-0.4, -0.2) is 33.4 Å². The van der Waals surface area contributed by atoms with Crippen molar-refractivity contribution in [1.29, 1.82) is 0 Å². The number of hydrogen-bond donors (Lipinski definition) is 0. The van der Waals surface area contributed by atoms with Crippen LogP contribution in [0.15, 0.2) is 66.7 Å². The Balaban J connectivity index is 1.98. The van der Waals surface area contributed by atoms with E-state index in [1.807, 2.05) is 30.3 Å². The van der Waals surface area contributed by atoms with Crippen LogP contribution < -0.4 is 18.9 Å². The zero-order valence-corrected chi connectivity index (χ0v) is 18.2. The van der Waals surface area contributed by atoms with E-state index in [1.54, 1.807) is 43.5 Å². The number of hydrogen-bond acceptors (Lipinski definition) is 6. The summed E-state index contributed by atoms with van der Waals surface area (Å²) in [6.07, 6.45) is 0.912. The highest BCUT2D eigenvalue weighted by Gasteiger charge is 2.56. The molecule has 0 N–H and O–H groups in total. The molecule has 164 valence electrons. The number of carbonyl (C=O) groups excluding carboxylic acids is 2. The van der Waals surface area contributed by atoms with Crippen LogP contribution in [0.1, 0.15) is 33.8 Å². The summed E-state index contributed by atoms with van der Waals surface area (Å²) < 4.78 is 22.7. The lowest BCUT2D eigenvalue weighted by Crippen LogP contribution is -2.43. The van der Waals surface area contributed by atoms with Gasteiger partial charge < -0.3 is 23.7 Å². The first kappa shape index (κ1) is 21.4. The van der Waals surface area contributed by atoms with E-state index in [9.17, 15) is 9.59 Å². The molecule has 6 nitrogen and oxygen atoms in total. The van der Waals surface area contributed by atoms with Crippen molar-refractivity contribution in [1.82, 2.24) is 0 Å². The first-order chi connectivity index (χ1) is 15.6. The molecule has 0 radical (unpaired) electrons. The number of benzene rings is 3. The summed E-state index contributed by atoms with van der Waals surface area (Å²) in [7, 11) is 4.61. The van der Waals surface area contributed by atoms with Crippen LogP contribution in [0.2, 0.25) is 0 Å². The van der Waals surface area contributed by atoms with Crippen LogP contribution in [0.3, 0.4) is 0 Å². The number of fused-ring (bicyclic) bond motifs is 1. The van der Waals surface area contributed by atoms with Gasteiger partial charge in [0.1, 0.15) is 34.8 Å². The average Bonchev–Trinajstić information content (AvgIpc) is 3.15. The summed E-state index contributed by atoms with van der Waals surface area (Å²) in [5, 5.41) is 0. The van der Waals surface area contributed by atoms with E-state index in [0.29, 0.717) is 34.1 Å². The Morgan fingerprint density at radius 1 is 0.906 bits per heavy atom. The van der Waals surface area contributed by atoms with E-state index in [1.165, 1.54) is 14.2 Å². The summed E-state index contributed by atoms with van der Waals surface area (Å²) in [5.74, 6) is 1.04. The second kappa shape index (κ2) is 8.75. The van der Waals surface area contributed by atoms with Crippen LogP contribution in [0, 0.1) is 0 Å². The number of ether oxygens (including phenoxy) is 4. The average molecular weight is 432 g/mol. The third-order valence-electron chi connectivity index (χ3n) is 5.87. The predicted molar refractivity (Wildman–Crippen MR) is 119 cm³/mol. The molecule has 0 saturated carbocycles. The van der Waals surface area contributed by atoms with Crippen molar-refractivity contribution in [3.8, 4) is 23.0 Å². The van der Waals surface area contributed by atoms with Gasteiger partial charge in [-0.15, -0.1) is 0 Å². The summed E-state index contributed by atoms with van der Waals surface area (Å²) in [5.41, 5.74) is 0.311. The molecule has 0 amide bonds. The Bertz CT molecular complexity index is 1120. The van der Waals surface area contributed by atoms with Crippen LogP contribution in [-0.2, 0) is 10.4 Å². The van der Waals surface area contributed by atoms with Gasteiger partial charge in [0.2, 0.25) is 11.4 Å². The zero-order valence-electron chi connectivity index (χ0n) is 18.2. The molecule has 0 fully saturated rings. The van der Waals surface area contributed by atoms with Crippen molar-refractivity contribution in [2.75, 3.05) is 21.3 Å². The third kappa shape index (κ3) is 3.38. The summed E-state index contributed by atoms with van der Waals surface area (Å²) >= 11 is 0.